The van der Waals surface area contributed by atoms with Gasteiger partial charge in [-0.2, -0.15) is 0 Å². The lowest BCUT2D eigenvalue weighted by Gasteiger charge is -2.50. The molecule has 5 heteroatoms. The maximum Gasteiger partial charge on any atom is 0.115 e. The van der Waals surface area contributed by atoms with Crippen LogP contribution in [0.4, 0.5) is 0 Å². The molecule has 0 spiro atoms. The first kappa shape index (κ1) is 17.0. The Kier molecular flexibility index (Phi) is 4.16. The number of aliphatic hydroxyl groups is 3. The molecule has 128 valence electrons. The van der Waals surface area contributed by atoms with Gasteiger partial charge in [-0.25, -0.2) is 0 Å². The highest BCUT2D eigenvalue weighted by molar-refractivity contribution is 5.85. The summed E-state index contributed by atoms with van der Waals surface area (Å²) < 4.78 is 0. The maximum atomic E-state index is 10.5. The van der Waals surface area contributed by atoms with Crippen LogP contribution >= 0.6 is 12.4 Å². The van der Waals surface area contributed by atoms with Gasteiger partial charge in [-0.1, -0.05) is 13.0 Å². The van der Waals surface area contributed by atoms with Crippen LogP contribution in [-0.2, 0) is 6.42 Å². The molecule has 0 aromatic heterocycles. The van der Waals surface area contributed by atoms with Crippen LogP contribution < -0.4 is 0 Å². The second kappa shape index (κ2) is 5.62. The van der Waals surface area contributed by atoms with E-state index in [1.54, 1.807) is 6.07 Å². The molecule has 4 N–H and O–H groups in total. The zero-order chi connectivity index (χ0) is 15.6. The highest BCUT2D eigenvalue weighted by Gasteiger charge is 2.62. The third-order valence-electron chi connectivity index (χ3n) is 6.72. The highest BCUT2D eigenvalue weighted by atomic mass is 35.5. The molecule has 1 aromatic rings. The molecule has 23 heavy (non-hydrogen) atoms. The van der Waals surface area contributed by atoms with Crippen molar-refractivity contribution in [1.29, 1.82) is 0 Å². The van der Waals surface area contributed by atoms with Crippen molar-refractivity contribution in [1.82, 2.24) is 0 Å². The first-order valence-corrected chi connectivity index (χ1v) is 8.29. The zero-order valence-electron chi connectivity index (χ0n) is 13.2. The minimum atomic E-state index is -1.03. The van der Waals surface area contributed by atoms with Gasteiger partial charge in [-0.05, 0) is 66.7 Å². The number of phenolic OH excluding ortho intramolecular Hbond substituents is 1. The number of aryl methyl sites for hydroxylation is 1. The fourth-order valence-corrected chi connectivity index (χ4v) is 5.62. The summed E-state index contributed by atoms with van der Waals surface area (Å²) >= 11 is 0. The van der Waals surface area contributed by atoms with E-state index in [1.165, 1.54) is 11.1 Å². The number of fused-ring (bicyclic) bond motifs is 5. The summed E-state index contributed by atoms with van der Waals surface area (Å²) in [6, 6.07) is 5.61. The minimum Gasteiger partial charge on any atom is -0.508 e. The summed E-state index contributed by atoms with van der Waals surface area (Å²) in [6.07, 6.45) is 0.894. The normalized spacial score (nSPS) is 44.7. The fraction of sp³-hybridized carbons (Fsp3) is 0.667. The monoisotopic (exact) mass is 340 g/mol. The molecule has 0 saturated heterocycles. The number of benzene rings is 1. The van der Waals surface area contributed by atoms with E-state index in [-0.39, 0.29) is 24.2 Å². The van der Waals surface area contributed by atoms with Gasteiger partial charge < -0.3 is 20.4 Å². The number of phenols is 1. The average molecular weight is 341 g/mol. The predicted molar refractivity (Wildman–Crippen MR) is 88.8 cm³/mol. The van der Waals surface area contributed by atoms with E-state index in [9.17, 15) is 20.4 Å². The van der Waals surface area contributed by atoms with E-state index in [4.69, 9.17) is 0 Å². The highest BCUT2D eigenvalue weighted by Crippen LogP contribution is 2.60. The summed E-state index contributed by atoms with van der Waals surface area (Å²) in [5, 5.41) is 40.7. The fourth-order valence-electron chi connectivity index (χ4n) is 5.62. The Balaban J connectivity index is 0.00000156. The molecule has 0 radical (unpaired) electrons. The van der Waals surface area contributed by atoms with Crippen molar-refractivity contribution in [2.45, 2.75) is 56.8 Å². The van der Waals surface area contributed by atoms with Gasteiger partial charge >= 0.3 is 0 Å². The molecular formula is C18H25ClO4. The largest absolute Gasteiger partial charge is 0.508 e. The number of halogens is 1. The van der Waals surface area contributed by atoms with E-state index >= 15 is 0 Å². The Hall–Kier alpha value is -0.810. The van der Waals surface area contributed by atoms with Crippen molar-refractivity contribution < 1.29 is 20.4 Å². The molecule has 1 aromatic carbocycles. The van der Waals surface area contributed by atoms with E-state index in [1.807, 2.05) is 19.1 Å². The number of aliphatic hydroxyl groups excluding tert-OH is 3. The van der Waals surface area contributed by atoms with E-state index < -0.39 is 23.7 Å². The van der Waals surface area contributed by atoms with Gasteiger partial charge in [-0.15, -0.1) is 12.4 Å². The molecule has 2 fully saturated rings. The maximum absolute atomic E-state index is 10.5. The second-order valence-corrected chi connectivity index (χ2v) is 7.69. The van der Waals surface area contributed by atoms with Crippen molar-refractivity contribution in [2.75, 3.05) is 0 Å². The Morgan fingerprint density at radius 3 is 2.57 bits per heavy atom. The summed E-state index contributed by atoms with van der Waals surface area (Å²) in [6.45, 7) is 2.02. The molecular weight excluding hydrogens is 316 g/mol. The lowest BCUT2D eigenvalue weighted by molar-refractivity contribution is -0.0505. The van der Waals surface area contributed by atoms with Gasteiger partial charge in [0.15, 0.2) is 0 Å². The second-order valence-electron chi connectivity index (χ2n) is 7.69. The van der Waals surface area contributed by atoms with Crippen molar-refractivity contribution in [2.24, 2.45) is 17.3 Å². The summed E-state index contributed by atoms with van der Waals surface area (Å²) in [5.41, 5.74) is 2.09. The first-order chi connectivity index (χ1) is 10.4. The molecule has 7 atom stereocenters. The van der Waals surface area contributed by atoms with Crippen LogP contribution in [0.2, 0.25) is 0 Å². The van der Waals surface area contributed by atoms with Gasteiger partial charge in [0.1, 0.15) is 11.9 Å². The van der Waals surface area contributed by atoms with Crippen LogP contribution in [0.25, 0.3) is 0 Å². The SMILES string of the molecule is C[C@@]12CC[C@H]3c4ccc(O)cc4CC[C@@H]3[C@H]1[C@H](O)[C@H](O)[C@H]2O.Cl. The smallest absolute Gasteiger partial charge is 0.115 e. The Bertz CT molecular complexity index is 607. The van der Waals surface area contributed by atoms with Crippen LogP contribution in [0.3, 0.4) is 0 Å². The molecule has 0 bridgehead atoms. The third-order valence-corrected chi connectivity index (χ3v) is 6.72. The van der Waals surface area contributed by atoms with Gasteiger partial charge in [-0.3, -0.25) is 0 Å². The molecule has 4 rings (SSSR count). The standard InChI is InChI=1S/C18H24O4.ClH/c1-18-7-6-12-11-5-3-10(19)8-9(11)2-4-13(12)14(18)15(20)16(21)17(18)22;/h3,5,8,12-17,19-22H,2,4,6-7H2,1H3;1H/t12-,13-,14-,15-,16-,17+,18+;/m0./s1. The van der Waals surface area contributed by atoms with Crippen LogP contribution in [0, 0.1) is 17.3 Å². The molecule has 2 saturated carbocycles. The number of aromatic hydroxyl groups is 1. The van der Waals surface area contributed by atoms with E-state index in [2.05, 4.69) is 0 Å². The van der Waals surface area contributed by atoms with Crippen molar-refractivity contribution in [3.63, 3.8) is 0 Å². The molecule has 0 heterocycles. The van der Waals surface area contributed by atoms with Gasteiger partial charge in [0.2, 0.25) is 0 Å². The van der Waals surface area contributed by atoms with E-state index in [0.717, 1.165) is 25.7 Å². The topological polar surface area (TPSA) is 80.9 Å². The third kappa shape index (κ3) is 2.23. The Labute approximate surface area is 142 Å². The average Bonchev–Trinajstić information content (AvgIpc) is 2.68. The predicted octanol–water partition coefficient (Wildman–Crippen LogP) is 1.97. The van der Waals surface area contributed by atoms with Crippen LogP contribution in [0.15, 0.2) is 18.2 Å². The van der Waals surface area contributed by atoms with Gasteiger partial charge in [0.05, 0.1) is 12.2 Å². The van der Waals surface area contributed by atoms with Gasteiger partial charge in [0.25, 0.3) is 0 Å². The number of rotatable bonds is 0. The molecule has 3 aliphatic carbocycles. The number of hydrogen-bond acceptors (Lipinski definition) is 4. The number of hydrogen-bond donors (Lipinski definition) is 4. The quantitative estimate of drug-likeness (QED) is 0.582. The molecule has 0 amide bonds. The van der Waals surface area contributed by atoms with Crippen LogP contribution in [0.1, 0.15) is 43.2 Å². The van der Waals surface area contributed by atoms with E-state index in [0.29, 0.717) is 11.7 Å². The van der Waals surface area contributed by atoms with Gasteiger partial charge in [0, 0.05) is 5.41 Å². The van der Waals surface area contributed by atoms with Crippen LogP contribution in [0.5, 0.6) is 5.75 Å². The zero-order valence-corrected chi connectivity index (χ0v) is 14.0. The Morgan fingerprint density at radius 2 is 1.83 bits per heavy atom. The van der Waals surface area contributed by atoms with Crippen LogP contribution in [-0.4, -0.2) is 38.7 Å². The molecule has 0 unspecified atom stereocenters. The lowest BCUT2D eigenvalue weighted by atomic mass is 9.55. The molecule has 3 aliphatic rings. The first-order valence-electron chi connectivity index (χ1n) is 8.29. The molecule has 4 nitrogen and oxygen atoms in total. The Morgan fingerprint density at radius 1 is 1.09 bits per heavy atom. The summed E-state index contributed by atoms with van der Waals surface area (Å²) in [4.78, 5) is 0. The van der Waals surface area contributed by atoms with Crippen molar-refractivity contribution >= 4 is 12.4 Å². The minimum absolute atomic E-state index is 0. The summed E-state index contributed by atoms with van der Waals surface area (Å²) in [5.74, 6) is 0.898. The van der Waals surface area contributed by atoms with Crippen molar-refractivity contribution in [3.05, 3.63) is 29.3 Å². The van der Waals surface area contributed by atoms with Crippen molar-refractivity contribution in [3.8, 4) is 5.75 Å². The molecule has 0 aliphatic heterocycles. The lowest BCUT2D eigenvalue weighted by Crippen LogP contribution is -2.46. The summed E-state index contributed by atoms with van der Waals surface area (Å²) in [7, 11) is 0.